The van der Waals surface area contributed by atoms with Crippen molar-refractivity contribution in [1.29, 1.82) is 0 Å². The van der Waals surface area contributed by atoms with Gasteiger partial charge in [-0.25, -0.2) is 0 Å². The first-order chi connectivity index (χ1) is 7.67. The predicted octanol–water partition coefficient (Wildman–Crippen LogP) is 3.26. The number of halogens is 1. The molecule has 0 saturated carbocycles. The molecule has 0 bridgehead atoms. The zero-order chi connectivity index (χ0) is 12.0. The number of aliphatic hydroxyl groups is 1. The first-order valence-corrected chi connectivity index (χ1v) is 6.59. The highest BCUT2D eigenvalue weighted by molar-refractivity contribution is 9.10. The molecule has 1 aromatic carbocycles. The largest absolute Gasteiger partial charge is 0.396 e. The number of aliphatic hydroxyl groups excluding tert-OH is 1. The van der Waals surface area contributed by atoms with E-state index in [0.29, 0.717) is 12.1 Å². The lowest BCUT2D eigenvalue weighted by Gasteiger charge is -2.22. The number of hydrogen-bond donors (Lipinski definition) is 2. The first-order valence-electron chi connectivity index (χ1n) is 5.79. The third-order valence-electron chi connectivity index (χ3n) is 2.73. The fourth-order valence-corrected chi connectivity index (χ4v) is 2.03. The smallest absolute Gasteiger partial charge is 0.0445 e. The van der Waals surface area contributed by atoms with Gasteiger partial charge in [0, 0.05) is 23.2 Å². The van der Waals surface area contributed by atoms with Crippen LogP contribution in [0.2, 0.25) is 0 Å². The lowest BCUT2D eigenvalue weighted by Crippen LogP contribution is -2.30. The van der Waals surface area contributed by atoms with Crippen molar-refractivity contribution in [2.45, 2.75) is 38.8 Å². The quantitative estimate of drug-likeness (QED) is 0.841. The standard InChI is InChI=1S/C13H20BrNO/c1-3-13(15-10(2)8-9-16)11-4-6-12(14)7-5-11/h4-7,10,13,15-16H,3,8-9H2,1-2H3. The van der Waals surface area contributed by atoms with E-state index < -0.39 is 0 Å². The summed E-state index contributed by atoms with van der Waals surface area (Å²) < 4.78 is 1.11. The van der Waals surface area contributed by atoms with E-state index in [-0.39, 0.29) is 6.61 Å². The number of rotatable bonds is 6. The highest BCUT2D eigenvalue weighted by Gasteiger charge is 2.11. The Labute approximate surface area is 106 Å². The summed E-state index contributed by atoms with van der Waals surface area (Å²) in [5, 5.41) is 12.4. The van der Waals surface area contributed by atoms with Gasteiger partial charge in [0.05, 0.1) is 0 Å². The molecule has 0 fully saturated rings. The molecule has 2 N–H and O–H groups in total. The van der Waals surface area contributed by atoms with Crippen LogP contribution in [0.15, 0.2) is 28.7 Å². The Balaban J connectivity index is 2.63. The van der Waals surface area contributed by atoms with Crippen molar-refractivity contribution in [3.63, 3.8) is 0 Å². The van der Waals surface area contributed by atoms with Gasteiger partial charge in [0.1, 0.15) is 0 Å². The number of nitrogens with one attached hydrogen (secondary N) is 1. The molecule has 0 amide bonds. The molecule has 90 valence electrons. The van der Waals surface area contributed by atoms with Crippen molar-refractivity contribution < 1.29 is 5.11 Å². The van der Waals surface area contributed by atoms with Crippen molar-refractivity contribution in [2.24, 2.45) is 0 Å². The summed E-state index contributed by atoms with van der Waals surface area (Å²) in [5.74, 6) is 0. The minimum atomic E-state index is 0.241. The Morgan fingerprint density at radius 2 is 1.94 bits per heavy atom. The lowest BCUT2D eigenvalue weighted by atomic mass is 10.0. The van der Waals surface area contributed by atoms with E-state index in [0.717, 1.165) is 17.3 Å². The van der Waals surface area contributed by atoms with Crippen LogP contribution in [0.4, 0.5) is 0 Å². The Morgan fingerprint density at radius 3 is 2.44 bits per heavy atom. The molecule has 16 heavy (non-hydrogen) atoms. The second kappa shape index (κ2) is 7.05. The van der Waals surface area contributed by atoms with Crippen molar-refractivity contribution in [3.05, 3.63) is 34.3 Å². The van der Waals surface area contributed by atoms with Crippen LogP contribution in [0.5, 0.6) is 0 Å². The van der Waals surface area contributed by atoms with Gasteiger partial charge >= 0.3 is 0 Å². The van der Waals surface area contributed by atoms with Gasteiger partial charge in [0.25, 0.3) is 0 Å². The molecule has 0 radical (unpaired) electrons. The maximum atomic E-state index is 8.88. The third kappa shape index (κ3) is 4.24. The number of hydrogen-bond acceptors (Lipinski definition) is 2. The molecule has 0 saturated heterocycles. The van der Waals surface area contributed by atoms with E-state index in [2.05, 4.69) is 59.4 Å². The fraction of sp³-hybridized carbons (Fsp3) is 0.538. The molecule has 0 aromatic heterocycles. The highest BCUT2D eigenvalue weighted by Crippen LogP contribution is 2.20. The number of benzene rings is 1. The summed E-state index contributed by atoms with van der Waals surface area (Å²) in [7, 11) is 0. The molecule has 0 aliphatic carbocycles. The van der Waals surface area contributed by atoms with Gasteiger partial charge in [-0.3, -0.25) is 0 Å². The zero-order valence-corrected chi connectivity index (χ0v) is 11.5. The van der Waals surface area contributed by atoms with E-state index in [1.165, 1.54) is 5.56 Å². The molecule has 1 aromatic rings. The average Bonchev–Trinajstić information content (AvgIpc) is 2.27. The van der Waals surface area contributed by atoms with E-state index in [1.807, 2.05) is 0 Å². The predicted molar refractivity (Wildman–Crippen MR) is 71.5 cm³/mol. The van der Waals surface area contributed by atoms with Crippen LogP contribution in [-0.2, 0) is 0 Å². The SMILES string of the molecule is CCC(NC(C)CCO)c1ccc(Br)cc1. The van der Waals surface area contributed by atoms with E-state index in [4.69, 9.17) is 5.11 Å². The fourth-order valence-electron chi connectivity index (χ4n) is 1.77. The first kappa shape index (κ1) is 13.7. The van der Waals surface area contributed by atoms with Gasteiger partial charge in [0.2, 0.25) is 0 Å². The Kier molecular flexibility index (Phi) is 6.03. The van der Waals surface area contributed by atoms with Crippen LogP contribution in [-0.4, -0.2) is 17.8 Å². The molecule has 3 heteroatoms. The van der Waals surface area contributed by atoms with Gasteiger partial charge < -0.3 is 10.4 Å². The van der Waals surface area contributed by atoms with E-state index in [9.17, 15) is 0 Å². The summed E-state index contributed by atoms with van der Waals surface area (Å²) in [4.78, 5) is 0. The normalized spacial score (nSPS) is 14.8. The molecule has 0 aliphatic rings. The van der Waals surface area contributed by atoms with Gasteiger partial charge in [-0.15, -0.1) is 0 Å². The molecular formula is C13H20BrNO. The lowest BCUT2D eigenvalue weighted by molar-refractivity contribution is 0.262. The molecular weight excluding hydrogens is 266 g/mol. The van der Waals surface area contributed by atoms with Crippen LogP contribution < -0.4 is 5.32 Å². The second-order valence-electron chi connectivity index (χ2n) is 4.09. The average molecular weight is 286 g/mol. The van der Waals surface area contributed by atoms with Crippen molar-refractivity contribution in [2.75, 3.05) is 6.61 Å². The van der Waals surface area contributed by atoms with Crippen molar-refractivity contribution >= 4 is 15.9 Å². The zero-order valence-electron chi connectivity index (χ0n) is 9.91. The van der Waals surface area contributed by atoms with Crippen molar-refractivity contribution in [3.8, 4) is 0 Å². The van der Waals surface area contributed by atoms with Crippen LogP contribution in [0.25, 0.3) is 0 Å². The second-order valence-corrected chi connectivity index (χ2v) is 5.01. The van der Waals surface area contributed by atoms with Gasteiger partial charge in [-0.05, 0) is 37.5 Å². The van der Waals surface area contributed by atoms with Gasteiger partial charge in [0.15, 0.2) is 0 Å². The summed E-state index contributed by atoms with van der Waals surface area (Å²) in [6.45, 7) is 4.52. The molecule has 1 rings (SSSR count). The minimum Gasteiger partial charge on any atom is -0.396 e. The van der Waals surface area contributed by atoms with E-state index >= 15 is 0 Å². The molecule has 0 heterocycles. The third-order valence-corrected chi connectivity index (χ3v) is 3.26. The maximum Gasteiger partial charge on any atom is 0.0445 e. The van der Waals surface area contributed by atoms with E-state index in [1.54, 1.807) is 0 Å². The maximum absolute atomic E-state index is 8.88. The summed E-state index contributed by atoms with van der Waals surface area (Å²) in [6.07, 6.45) is 1.85. The summed E-state index contributed by atoms with van der Waals surface area (Å²) in [6, 6.07) is 9.12. The van der Waals surface area contributed by atoms with Crippen LogP contribution in [0.1, 0.15) is 38.3 Å². The minimum absolute atomic E-state index is 0.241. The Bertz CT molecular complexity index is 299. The molecule has 2 atom stereocenters. The van der Waals surface area contributed by atoms with Crippen LogP contribution >= 0.6 is 15.9 Å². The summed E-state index contributed by atoms with van der Waals surface area (Å²) >= 11 is 3.44. The summed E-state index contributed by atoms with van der Waals surface area (Å²) in [5.41, 5.74) is 1.30. The van der Waals surface area contributed by atoms with Crippen molar-refractivity contribution in [1.82, 2.24) is 5.32 Å². The molecule has 2 unspecified atom stereocenters. The molecule has 0 spiro atoms. The highest BCUT2D eigenvalue weighted by atomic mass is 79.9. The topological polar surface area (TPSA) is 32.3 Å². The Hall–Kier alpha value is -0.380. The molecule has 2 nitrogen and oxygen atoms in total. The Morgan fingerprint density at radius 1 is 1.31 bits per heavy atom. The van der Waals surface area contributed by atoms with Gasteiger partial charge in [-0.2, -0.15) is 0 Å². The van der Waals surface area contributed by atoms with Crippen LogP contribution in [0, 0.1) is 0 Å². The van der Waals surface area contributed by atoms with Gasteiger partial charge in [-0.1, -0.05) is 35.0 Å². The van der Waals surface area contributed by atoms with Crippen LogP contribution in [0.3, 0.4) is 0 Å². The molecule has 0 aliphatic heterocycles. The monoisotopic (exact) mass is 285 g/mol.